The summed E-state index contributed by atoms with van der Waals surface area (Å²) in [4.78, 5) is 0. The summed E-state index contributed by atoms with van der Waals surface area (Å²) in [5.74, 6) is 5.86. The molecule has 0 unspecified atom stereocenters. The third-order valence-corrected chi connectivity index (χ3v) is 6.51. The molecule has 0 aliphatic rings. The van der Waals surface area contributed by atoms with Crippen molar-refractivity contribution in [2.24, 2.45) is 0 Å². The first kappa shape index (κ1) is 23.8. The molecular weight excluding hydrogens is 415 g/mol. The summed E-state index contributed by atoms with van der Waals surface area (Å²) in [5.41, 5.74) is 6.27. The van der Waals surface area contributed by atoms with E-state index < -0.39 is 0 Å². The molecule has 172 valence electrons. The molecule has 0 amide bonds. The van der Waals surface area contributed by atoms with E-state index in [0.29, 0.717) is 10.9 Å². The molecule has 0 N–H and O–H groups in total. The van der Waals surface area contributed by atoms with Crippen LogP contribution >= 0.6 is 0 Å². The van der Waals surface area contributed by atoms with E-state index in [4.69, 9.17) is 0 Å². The number of hydrogen-bond donors (Lipinski definition) is 0. The van der Waals surface area contributed by atoms with Crippen LogP contribution in [-0.4, -0.2) is 0 Å². The minimum absolute atomic E-state index is 0.250. The lowest BCUT2D eigenvalue weighted by molar-refractivity contribution is 0.632. The van der Waals surface area contributed by atoms with Crippen molar-refractivity contribution in [3.05, 3.63) is 107 Å². The monoisotopic (exact) mass is 448 g/mol. The molecule has 1 heteroatoms. The fourth-order valence-corrected chi connectivity index (χ4v) is 4.33. The topological polar surface area (TPSA) is 0 Å². The summed E-state index contributed by atoms with van der Waals surface area (Å²) in [6, 6.07) is 26.7. The second kappa shape index (κ2) is 11.7. The van der Waals surface area contributed by atoms with Crippen LogP contribution in [0, 0.1) is 17.7 Å². The highest BCUT2D eigenvalue weighted by Crippen LogP contribution is 2.28. The number of fused-ring (bicyclic) bond motifs is 1. The predicted molar refractivity (Wildman–Crippen MR) is 144 cm³/mol. The van der Waals surface area contributed by atoms with Gasteiger partial charge in [0.05, 0.1) is 5.56 Å². The number of aryl methyl sites for hydroxylation is 2. The van der Waals surface area contributed by atoms with E-state index in [1.54, 1.807) is 6.07 Å². The van der Waals surface area contributed by atoms with Gasteiger partial charge in [-0.15, -0.1) is 0 Å². The fourth-order valence-electron chi connectivity index (χ4n) is 4.33. The number of unbranched alkanes of at least 4 members (excludes halogenated alkanes) is 4. The Hall–Kier alpha value is -3.37. The number of halogens is 1. The molecule has 34 heavy (non-hydrogen) atoms. The van der Waals surface area contributed by atoms with Crippen LogP contribution in [-0.2, 0) is 12.8 Å². The van der Waals surface area contributed by atoms with Crippen LogP contribution in [0.2, 0.25) is 0 Å². The molecule has 0 nitrogen and oxygen atoms in total. The summed E-state index contributed by atoms with van der Waals surface area (Å²) in [7, 11) is 0. The Morgan fingerprint density at radius 1 is 0.647 bits per heavy atom. The molecule has 4 aromatic rings. The van der Waals surface area contributed by atoms with Crippen molar-refractivity contribution < 1.29 is 4.39 Å². The third kappa shape index (κ3) is 5.95. The molecule has 0 radical (unpaired) electrons. The summed E-state index contributed by atoms with van der Waals surface area (Å²) < 4.78 is 15.2. The second-order valence-electron chi connectivity index (χ2n) is 9.02. The Kier molecular flexibility index (Phi) is 8.16. The van der Waals surface area contributed by atoms with Gasteiger partial charge in [-0.3, -0.25) is 0 Å². The lowest BCUT2D eigenvalue weighted by Gasteiger charge is -2.08. The van der Waals surface area contributed by atoms with Crippen molar-refractivity contribution in [2.75, 3.05) is 0 Å². The molecule has 0 saturated heterocycles. The predicted octanol–water partition coefficient (Wildman–Crippen LogP) is 9.12. The van der Waals surface area contributed by atoms with E-state index in [1.165, 1.54) is 43.2 Å². The van der Waals surface area contributed by atoms with Crippen LogP contribution in [0.25, 0.3) is 21.9 Å². The van der Waals surface area contributed by atoms with Crippen molar-refractivity contribution in [3.8, 4) is 23.0 Å². The van der Waals surface area contributed by atoms with Crippen molar-refractivity contribution in [1.82, 2.24) is 0 Å². The van der Waals surface area contributed by atoms with E-state index in [1.807, 2.05) is 30.3 Å². The SMILES string of the molecule is CCCCCCCc1ccc(-c2ccc3c(F)c(C#Cc4ccc(CC)cc4)ccc3c2)cc1. The highest BCUT2D eigenvalue weighted by Gasteiger charge is 2.08. The zero-order chi connectivity index (χ0) is 23.8. The van der Waals surface area contributed by atoms with Crippen molar-refractivity contribution in [2.45, 2.75) is 58.8 Å². The van der Waals surface area contributed by atoms with Crippen molar-refractivity contribution >= 4 is 10.8 Å². The highest BCUT2D eigenvalue weighted by atomic mass is 19.1. The maximum Gasteiger partial charge on any atom is 0.146 e. The smallest absolute Gasteiger partial charge is 0.146 e. The van der Waals surface area contributed by atoms with E-state index in [-0.39, 0.29) is 5.82 Å². The van der Waals surface area contributed by atoms with Gasteiger partial charge < -0.3 is 0 Å². The number of benzene rings is 4. The summed E-state index contributed by atoms with van der Waals surface area (Å²) in [6.07, 6.45) is 8.65. The summed E-state index contributed by atoms with van der Waals surface area (Å²) in [5, 5.41) is 1.51. The van der Waals surface area contributed by atoms with Crippen molar-refractivity contribution in [1.29, 1.82) is 0 Å². The molecule has 0 heterocycles. The van der Waals surface area contributed by atoms with Crippen LogP contribution in [0.15, 0.2) is 78.9 Å². The van der Waals surface area contributed by atoms with Crippen LogP contribution in [0.3, 0.4) is 0 Å². The lowest BCUT2D eigenvalue weighted by Crippen LogP contribution is -1.89. The number of rotatable bonds is 8. The van der Waals surface area contributed by atoms with Gasteiger partial charge in [0.2, 0.25) is 0 Å². The van der Waals surface area contributed by atoms with Gasteiger partial charge in [-0.05, 0) is 71.2 Å². The summed E-state index contributed by atoms with van der Waals surface area (Å²) >= 11 is 0. The average molecular weight is 449 g/mol. The molecule has 0 saturated carbocycles. The molecular formula is C33H33F. The van der Waals surface area contributed by atoms with Crippen molar-refractivity contribution in [3.63, 3.8) is 0 Å². The minimum atomic E-state index is -0.250. The Labute approximate surface area is 203 Å². The van der Waals surface area contributed by atoms with Gasteiger partial charge in [-0.25, -0.2) is 4.39 Å². The fraction of sp³-hybridized carbons (Fsp3) is 0.273. The van der Waals surface area contributed by atoms with Crippen LogP contribution in [0.1, 0.15) is 68.2 Å². The molecule has 0 spiro atoms. The van der Waals surface area contributed by atoms with E-state index in [2.05, 4.69) is 68.2 Å². The van der Waals surface area contributed by atoms with Crippen LogP contribution < -0.4 is 0 Å². The number of hydrogen-bond acceptors (Lipinski definition) is 0. The maximum atomic E-state index is 15.2. The van der Waals surface area contributed by atoms with Gasteiger partial charge in [0.25, 0.3) is 0 Å². The minimum Gasteiger partial charge on any atom is -0.205 e. The van der Waals surface area contributed by atoms with Gasteiger partial charge in [0.1, 0.15) is 5.82 Å². The van der Waals surface area contributed by atoms with Gasteiger partial charge in [0, 0.05) is 10.9 Å². The molecule has 0 aromatic heterocycles. The Morgan fingerprint density at radius 3 is 2.09 bits per heavy atom. The normalized spacial score (nSPS) is 10.8. The zero-order valence-corrected chi connectivity index (χ0v) is 20.3. The Balaban J connectivity index is 1.49. The Morgan fingerprint density at radius 2 is 1.35 bits per heavy atom. The first-order valence-electron chi connectivity index (χ1n) is 12.6. The van der Waals surface area contributed by atoms with Gasteiger partial charge in [0.15, 0.2) is 0 Å². The molecule has 0 atom stereocenters. The molecule has 4 aromatic carbocycles. The zero-order valence-electron chi connectivity index (χ0n) is 20.3. The van der Waals surface area contributed by atoms with Crippen LogP contribution in [0.5, 0.6) is 0 Å². The van der Waals surface area contributed by atoms with E-state index >= 15 is 4.39 Å². The second-order valence-corrected chi connectivity index (χ2v) is 9.02. The molecule has 0 aliphatic heterocycles. The molecule has 4 rings (SSSR count). The maximum absolute atomic E-state index is 15.2. The van der Waals surface area contributed by atoms with Gasteiger partial charge in [-0.2, -0.15) is 0 Å². The third-order valence-electron chi connectivity index (χ3n) is 6.51. The van der Waals surface area contributed by atoms with Gasteiger partial charge in [-0.1, -0.05) is 106 Å². The highest BCUT2D eigenvalue weighted by molar-refractivity contribution is 5.89. The molecule has 0 fully saturated rings. The largest absolute Gasteiger partial charge is 0.205 e. The van der Waals surface area contributed by atoms with E-state index in [9.17, 15) is 0 Å². The van der Waals surface area contributed by atoms with Crippen LogP contribution in [0.4, 0.5) is 4.39 Å². The molecule has 0 aliphatic carbocycles. The van der Waals surface area contributed by atoms with Gasteiger partial charge >= 0.3 is 0 Å². The lowest BCUT2D eigenvalue weighted by atomic mass is 9.97. The standard InChI is InChI=1S/C33H33F/c1-3-5-6-7-8-9-26-14-17-28(18-15-26)30-22-23-32-31(24-30)21-20-29(33(32)34)19-16-27-12-10-25(4-2)11-13-27/h10-15,17-18,20-24H,3-9H2,1-2H3. The van der Waals surface area contributed by atoms with E-state index in [0.717, 1.165) is 34.9 Å². The first-order valence-corrected chi connectivity index (χ1v) is 12.6. The first-order chi connectivity index (χ1) is 16.7. The average Bonchev–Trinajstić information content (AvgIpc) is 2.89. The summed E-state index contributed by atoms with van der Waals surface area (Å²) in [6.45, 7) is 4.38. The Bertz CT molecular complexity index is 1280. The molecule has 0 bridgehead atoms. The quantitative estimate of drug-likeness (QED) is 0.186.